The molecule has 0 spiro atoms. The fraction of sp³-hybridized carbons (Fsp3) is 0.385. The van der Waals surface area contributed by atoms with E-state index in [0.29, 0.717) is 13.1 Å². The monoisotopic (exact) mass is 290 g/mol. The van der Waals surface area contributed by atoms with Crippen molar-refractivity contribution in [2.45, 2.75) is 6.54 Å². The van der Waals surface area contributed by atoms with E-state index in [1.165, 1.54) is 23.1 Å². The first-order valence-electron chi connectivity index (χ1n) is 6.71. The van der Waals surface area contributed by atoms with Crippen molar-refractivity contribution in [3.8, 4) is 0 Å². The molecular formula is C13H15FN6O. The van der Waals surface area contributed by atoms with Crippen molar-refractivity contribution in [1.82, 2.24) is 25.1 Å². The lowest BCUT2D eigenvalue weighted by atomic mass is 10.2. The van der Waals surface area contributed by atoms with Crippen LogP contribution in [0.25, 0.3) is 0 Å². The minimum Gasteiger partial charge on any atom is -0.368 e. The molecule has 0 N–H and O–H groups in total. The number of carbonyl (C=O) groups is 1. The van der Waals surface area contributed by atoms with E-state index in [0.717, 1.165) is 18.8 Å². The molecule has 0 bridgehead atoms. The third-order valence-corrected chi connectivity index (χ3v) is 3.51. The van der Waals surface area contributed by atoms with Crippen LogP contribution in [-0.2, 0) is 11.3 Å². The third-order valence-electron chi connectivity index (χ3n) is 3.51. The highest BCUT2D eigenvalue weighted by Gasteiger charge is 2.21. The summed E-state index contributed by atoms with van der Waals surface area (Å²) >= 11 is 0. The zero-order valence-corrected chi connectivity index (χ0v) is 11.4. The molecule has 0 aliphatic carbocycles. The fourth-order valence-electron chi connectivity index (χ4n) is 2.36. The zero-order valence-electron chi connectivity index (χ0n) is 11.4. The summed E-state index contributed by atoms with van der Waals surface area (Å²) in [6.45, 7) is 2.89. The van der Waals surface area contributed by atoms with Crippen LogP contribution in [0.1, 0.15) is 0 Å². The lowest BCUT2D eigenvalue weighted by Crippen LogP contribution is -2.49. The highest BCUT2D eigenvalue weighted by molar-refractivity contribution is 5.76. The predicted molar refractivity (Wildman–Crippen MR) is 73.0 cm³/mol. The largest absolute Gasteiger partial charge is 0.368 e. The van der Waals surface area contributed by atoms with Crippen LogP contribution in [0.3, 0.4) is 0 Å². The molecule has 1 fully saturated rings. The van der Waals surface area contributed by atoms with Gasteiger partial charge in [0.2, 0.25) is 5.91 Å². The van der Waals surface area contributed by atoms with Crippen molar-refractivity contribution in [2.75, 3.05) is 31.1 Å². The number of halogens is 1. The molecule has 1 aliphatic rings. The van der Waals surface area contributed by atoms with Gasteiger partial charge in [0.1, 0.15) is 18.7 Å². The van der Waals surface area contributed by atoms with Crippen LogP contribution in [0.2, 0.25) is 0 Å². The second-order valence-corrected chi connectivity index (χ2v) is 4.85. The molecule has 1 aliphatic heterocycles. The Morgan fingerprint density at radius 3 is 2.48 bits per heavy atom. The molecule has 21 heavy (non-hydrogen) atoms. The molecular weight excluding hydrogens is 275 g/mol. The molecule has 2 heterocycles. The Morgan fingerprint density at radius 1 is 1.14 bits per heavy atom. The Morgan fingerprint density at radius 2 is 1.86 bits per heavy atom. The van der Waals surface area contributed by atoms with Gasteiger partial charge in [-0.25, -0.2) is 9.07 Å². The van der Waals surface area contributed by atoms with Crippen LogP contribution in [0, 0.1) is 5.82 Å². The molecule has 8 heteroatoms. The number of amides is 1. The van der Waals surface area contributed by atoms with Gasteiger partial charge >= 0.3 is 0 Å². The predicted octanol–water partition coefficient (Wildman–Crippen LogP) is 0.161. The highest BCUT2D eigenvalue weighted by atomic mass is 19.1. The number of nitrogens with zero attached hydrogens (tertiary/aromatic N) is 6. The minimum absolute atomic E-state index is 0.000978. The van der Waals surface area contributed by atoms with Gasteiger partial charge in [-0.05, 0) is 34.7 Å². The minimum atomic E-state index is -0.242. The van der Waals surface area contributed by atoms with Gasteiger partial charge in [0.25, 0.3) is 0 Å². The summed E-state index contributed by atoms with van der Waals surface area (Å²) in [5.41, 5.74) is 0.976. The quantitative estimate of drug-likeness (QED) is 0.805. The maximum absolute atomic E-state index is 12.9. The van der Waals surface area contributed by atoms with E-state index in [2.05, 4.69) is 20.4 Å². The van der Waals surface area contributed by atoms with E-state index in [-0.39, 0.29) is 18.3 Å². The van der Waals surface area contributed by atoms with Gasteiger partial charge in [0.05, 0.1) is 0 Å². The molecule has 1 aromatic heterocycles. The highest BCUT2D eigenvalue weighted by Crippen LogP contribution is 2.16. The average molecular weight is 290 g/mol. The second kappa shape index (κ2) is 5.86. The standard InChI is InChI=1S/C13H15FN6O/c14-11-1-3-12(4-2-11)18-5-7-19(8-6-18)13(21)9-20-10-15-16-17-20/h1-4,10H,5-9H2. The average Bonchev–Trinajstić information content (AvgIpc) is 3.01. The molecule has 0 unspecified atom stereocenters. The van der Waals surface area contributed by atoms with Crippen LogP contribution in [0.4, 0.5) is 10.1 Å². The summed E-state index contributed by atoms with van der Waals surface area (Å²) in [5.74, 6) is -0.241. The van der Waals surface area contributed by atoms with Crippen LogP contribution in [-0.4, -0.2) is 57.2 Å². The fourth-order valence-corrected chi connectivity index (χ4v) is 2.36. The number of hydrogen-bond acceptors (Lipinski definition) is 5. The van der Waals surface area contributed by atoms with E-state index in [1.54, 1.807) is 17.0 Å². The molecule has 1 saturated heterocycles. The van der Waals surface area contributed by atoms with Gasteiger partial charge in [-0.15, -0.1) is 5.10 Å². The van der Waals surface area contributed by atoms with Gasteiger partial charge in [-0.2, -0.15) is 0 Å². The summed E-state index contributed by atoms with van der Waals surface area (Å²) in [7, 11) is 0. The van der Waals surface area contributed by atoms with E-state index < -0.39 is 0 Å². The number of rotatable bonds is 3. The maximum atomic E-state index is 12.9. The number of carbonyl (C=O) groups excluding carboxylic acids is 1. The van der Waals surface area contributed by atoms with Crippen molar-refractivity contribution in [3.63, 3.8) is 0 Å². The van der Waals surface area contributed by atoms with Crippen molar-refractivity contribution in [2.24, 2.45) is 0 Å². The van der Waals surface area contributed by atoms with Crippen molar-refractivity contribution < 1.29 is 9.18 Å². The van der Waals surface area contributed by atoms with Gasteiger partial charge in [-0.3, -0.25) is 4.79 Å². The summed E-state index contributed by atoms with van der Waals surface area (Å²) in [6, 6.07) is 6.41. The van der Waals surface area contributed by atoms with Crippen LogP contribution in [0.5, 0.6) is 0 Å². The zero-order chi connectivity index (χ0) is 14.7. The first-order chi connectivity index (χ1) is 10.2. The number of aromatic nitrogens is 4. The second-order valence-electron chi connectivity index (χ2n) is 4.85. The summed E-state index contributed by atoms with van der Waals surface area (Å²) in [5, 5.41) is 10.7. The van der Waals surface area contributed by atoms with Crippen LogP contribution >= 0.6 is 0 Å². The van der Waals surface area contributed by atoms with Crippen LogP contribution < -0.4 is 4.90 Å². The number of tetrazole rings is 1. The SMILES string of the molecule is O=C(Cn1cnnn1)N1CCN(c2ccc(F)cc2)CC1. The number of anilines is 1. The van der Waals surface area contributed by atoms with Crippen molar-refractivity contribution in [1.29, 1.82) is 0 Å². The van der Waals surface area contributed by atoms with E-state index in [4.69, 9.17) is 0 Å². The van der Waals surface area contributed by atoms with Gasteiger partial charge in [-0.1, -0.05) is 0 Å². The topological polar surface area (TPSA) is 67.2 Å². The smallest absolute Gasteiger partial charge is 0.244 e. The molecule has 0 atom stereocenters. The van der Waals surface area contributed by atoms with Gasteiger partial charge in [0.15, 0.2) is 0 Å². The number of piperazine rings is 1. The Bertz CT molecular complexity index is 592. The Hall–Kier alpha value is -2.51. The molecule has 2 aromatic rings. The summed E-state index contributed by atoms with van der Waals surface area (Å²) < 4.78 is 14.3. The molecule has 0 saturated carbocycles. The molecule has 0 radical (unpaired) electrons. The van der Waals surface area contributed by atoms with Crippen molar-refractivity contribution in [3.05, 3.63) is 36.4 Å². The molecule has 110 valence electrons. The molecule has 7 nitrogen and oxygen atoms in total. The van der Waals surface area contributed by atoms with E-state index >= 15 is 0 Å². The molecule has 1 amide bonds. The maximum Gasteiger partial charge on any atom is 0.244 e. The first kappa shape index (κ1) is 13.5. The Balaban J connectivity index is 1.55. The van der Waals surface area contributed by atoms with E-state index in [9.17, 15) is 9.18 Å². The van der Waals surface area contributed by atoms with Gasteiger partial charge < -0.3 is 9.80 Å². The van der Waals surface area contributed by atoms with Crippen LogP contribution in [0.15, 0.2) is 30.6 Å². The number of benzene rings is 1. The Kier molecular flexibility index (Phi) is 3.76. The lowest BCUT2D eigenvalue weighted by molar-refractivity contribution is -0.132. The first-order valence-corrected chi connectivity index (χ1v) is 6.71. The summed E-state index contributed by atoms with van der Waals surface area (Å²) in [6.07, 6.45) is 1.42. The molecule has 3 rings (SSSR count). The van der Waals surface area contributed by atoms with E-state index in [1.807, 2.05) is 0 Å². The van der Waals surface area contributed by atoms with Gasteiger partial charge in [0, 0.05) is 31.9 Å². The molecule has 1 aromatic carbocycles. The number of hydrogen-bond donors (Lipinski definition) is 0. The van der Waals surface area contributed by atoms with Crippen molar-refractivity contribution >= 4 is 11.6 Å². The third kappa shape index (κ3) is 3.15. The summed E-state index contributed by atoms with van der Waals surface area (Å²) in [4.78, 5) is 16.0. The lowest BCUT2D eigenvalue weighted by Gasteiger charge is -2.36. The Labute approximate surface area is 121 Å². The normalized spacial score (nSPS) is 15.3.